The predicted octanol–water partition coefficient (Wildman–Crippen LogP) is 2.62. The quantitative estimate of drug-likeness (QED) is 0.558. The van der Waals surface area contributed by atoms with E-state index < -0.39 is 10.0 Å². The van der Waals surface area contributed by atoms with E-state index >= 15 is 0 Å². The van der Waals surface area contributed by atoms with Crippen LogP contribution in [0, 0.1) is 0 Å². The van der Waals surface area contributed by atoms with Gasteiger partial charge in [-0.05, 0) is 22.9 Å². The predicted molar refractivity (Wildman–Crippen MR) is 105 cm³/mol. The Morgan fingerprint density at radius 2 is 1.74 bits per heavy atom. The van der Waals surface area contributed by atoms with Crippen LogP contribution in [-0.4, -0.2) is 43.7 Å². The zero-order chi connectivity index (χ0) is 18.9. The van der Waals surface area contributed by atoms with Crippen LogP contribution < -0.4 is 0 Å². The van der Waals surface area contributed by atoms with Crippen molar-refractivity contribution in [2.24, 2.45) is 9.50 Å². The molecule has 0 bridgehead atoms. The highest BCUT2D eigenvalue weighted by Crippen LogP contribution is 2.27. The fourth-order valence-corrected chi connectivity index (χ4v) is 4.29. The molecule has 0 unspecified atom stereocenters. The summed E-state index contributed by atoms with van der Waals surface area (Å²) in [4.78, 5) is 0.156. The molecular formula is C20H17N3O3S. The van der Waals surface area contributed by atoms with Crippen LogP contribution in [0.3, 0.4) is 0 Å². The lowest BCUT2D eigenvalue weighted by Gasteiger charge is -2.17. The molecule has 0 amide bonds. The highest BCUT2D eigenvalue weighted by atomic mass is 32.2. The highest BCUT2D eigenvalue weighted by Gasteiger charge is 2.31. The molecule has 0 saturated heterocycles. The maximum absolute atomic E-state index is 12.3. The van der Waals surface area contributed by atoms with Crippen molar-refractivity contribution in [1.82, 2.24) is 5.01 Å². The second kappa shape index (κ2) is 6.94. The molecule has 6 nitrogen and oxygen atoms in total. The molecule has 4 rings (SSSR count). The van der Waals surface area contributed by atoms with E-state index in [-0.39, 0.29) is 23.9 Å². The number of aliphatic hydroxyl groups excluding tert-OH is 1. The van der Waals surface area contributed by atoms with E-state index in [9.17, 15) is 13.5 Å². The third-order valence-corrected chi connectivity index (χ3v) is 5.65. The van der Waals surface area contributed by atoms with Gasteiger partial charge in [0.15, 0.2) is 5.84 Å². The number of sulfonamides is 1. The van der Waals surface area contributed by atoms with E-state index in [2.05, 4.69) is 9.50 Å². The van der Waals surface area contributed by atoms with Gasteiger partial charge in [-0.1, -0.05) is 54.6 Å². The van der Waals surface area contributed by atoms with Gasteiger partial charge in [0.05, 0.1) is 19.4 Å². The van der Waals surface area contributed by atoms with Crippen molar-refractivity contribution in [3.8, 4) is 0 Å². The third kappa shape index (κ3) is 3.22. The van der Waals surface area contributed by atoms with Gasteiger partial charge in [0.2, 0.25) is 0 Å². The molecule has 1 aliphatic rings. The lowest BCUT2D eigenvalue weighted by Crippen LogP contribution is -2.28. The van der Waals surface area contributed by atoms with Crippen molar-refractivity contribution in [3.05, 3.63) is 77.9 Å². The minimum absolute atomic E-state index is 0.129. The van der Waals surface area contributed by atoms with E-state index in [0.29, 0.717) is 5.56 Å². The molecule has 1 N–H and O–H groups in total. The maximum atomic E-state index is 12.3. The van der Waals surface area contributed by atoms with E-state index in [1.807, 2.05) is 42.5 Å². The first-order chi connectivity index (χ1) is 13.1. The fraction of sp³-hybridized carbons (Fsp3) is 0.100. The first-order valence-corrected chi connectivity index (χ1v) is 9.89. The van der Waals surface area contributed by atoms with Crippen LogP contribution in [0.2, 0.25) is 0 Å². The van der Waals surface area contributed by atoms with Crippen molar-refractivity contribution in [2.45, 2.75) is 4.90 Å². The molecule has 0 saturated carbocycles. The first kappa shape index (κ1) is 17.4. The standard InChI is InChI=1S/C20H17N3O3S/c24-13-12-23(20-18-10-3-4-11-19(18)27(25,26)22-20)21-14-16-8-5-7-15-6-1-2-9-17(15)16/h1-11,14,24H,12-13H2/b21-14+. The van der Waals surface area contributed by atoms with Gasteiger partial charge < -0.3 is 5.11 Å². The summed E-state index contributed by atoms with van der Waals surface area (Å²) in [5.41, 5.74) is 1.38. The van der Waals surface area contributed by atoms with Gasteiger partial charge in [-0.2, -0.15) is 13.5 Å². The molecular weight excluding hydrogens is 362 g/mol. The van der Waals surface area contributed by atoms with Crippen LogP contribution in [0.1, 0.15) is 11.1 Å². The van der Waals surface area contributed by atoms with Crippen LogP contribution in [0.15, 0.2) is 81.1 Å². The monoisotopic (exact) mass is 379 g/mol. The van der Waals surface area contributed by atoms with E-state index in [0.717, 1.165) is 16.3 Å². The van der Waals surface area contributed by atoms with Crippen LogP contribution in [-0.2, 0) is 10.0 Å². The van der Waals surface area contributed by atoms with Crippen molar-refractivity contribution in [3.63, 3.8) is 0 Å². The number of hydrazone groups is 1. The van der Waals surface area contributed by atoms with Crippen LogP contribution >= 0.6 is 0 Å². The molecule has 1 aliphatic heterocycles. The third-order valence-electron chi connectivity index (χ3n) is 4.33. The van der Waals surface area contributed by atoms with Crippen LogP contribution in [0.4, 0.5) is 0 Å². The minimum Gasteiger partial charge on any atom is -0.394 e. The molecule has 0 atom stereocenters. The van der Waals surface area contributed by atoms with E-state index in [1.54, 1.807) is 24.4 Å². The number of aliphatic hydroxyl groups is 1. The average Bonchev–Trinajstić information content (AvgIpc) is 2.96. The Morgan fingerprint density at radius 1 is 1.00 bits per heavy atom. The zero-order valence-electron chi connectivity index (χ0n) is 14.4. The number of benzene rings is 3. The first-order valence-electron chi connectivity index (χ1n) is 8.45. The maximum Gasteiger partial charge on any atom is 0.285 e. The van der Waals surface area contributed by atoms with Gasteiger partial charge >= 0.3 is 0 Å². The normalized spacial score (nSPS) is 15.1. The molecule has 0 aromatic heterocycles. The van der Waals surface area contributed by atoms with Gasteiger partial charge in [0, 0.05) is 11.1 Å². The molecule has 0 fully saturated rings. The summed E-state index contributed by atoms with van der Waals surface area (Å²) >= 11 is 0. The summed E-state index contributed by atoms with van der Waals surface area (Å²) in [5.74, 6) is 0.219. The number of fused-ring (bicyclic) bond motifs is 2. The largest absolute Gasteiger partial charge is 0.394 e. The summed E-state index contributed by atoms with van der Waals surface area (Å²) in [5, 5.41) is 17.4. The topological polar surface area (TPSA) is 82.3 Å². The van der Waals surface area contributed by atoms with E-state index in [4.69, 9.17) is 0 Å². The summed E-state index contributed by atoms with van der Waals surface area (Å²) in [7, 11) is -3.74. The van der Waals surface area contributed by atoms with Crippen molar-refractivity contribution < 1.29 is 13.5 Å². The second-order valence-electron chi connectivity index (χ2n) is 6.05. The number of nitrogens with zero attached hydrogens (tertiary/aromatic N) is 3. The van der Waals surface area contributed by atoms with Crippen molar-refractivity contribution in [1.29, 1.82) is 0 Å². The van der Waals surface area contributed by atoms with Gasteiger partial charge in [-0.15, -0.1) is 4.40 Å². The van der Waals surface area contributed by atoms with E-state index in [1.165, 1.54) is 11.1 Å². The number of hydrogen-bond donors (Lipinski definition) is 1. The van der Waals surface area contributed by atoms with Gasteiger partial charge in [-0.25, -0.2) is 5.01 Å². The lowest BCUT2D eigenvalue weighted by atomic mass is 10.1. The fourth-order valence-electron chi connectivity index (χ4n) is 3.08. The minimum atomic E-state index is -3.74. The second-order valence-corrected chi connectivity index (χ2v) is 7.62. The van der Waals surface area contributed by atoms with Crippen molar-refractivity contribution in [2.75, 3.05) is 13.2 Å². The SMILES string of the molecule is O=S1(=O)N=C(N(CCO)/N=C/c2cccc3ccccc23)c2ccccc21. The Kier molecular flexibility index (Phi) is 4.47. The molecule has 27 heavy (non-hydrogen) atoms. The lowest BCUT2D eigenvalue weighted by molar-refractivity contribution is 0.254. The number of amidine groups is 1. The molecule has 7 heteroatoms. The summed E-state index contributed by atoms with van der Waals surface area (Å²) in [6, 6.07) is 20.4. The summed E-state index contributed by atoms with van der Waals surface area (Å²) < 4.78 is 28.5. The van der Waals surface area contributed by atoms with Gasteiger partial charge in [0.25, 0.3) is 10.0 Å². The number of hydrogen-bond acceptors (Lipinski definition) is 5. The van der Waals surface area contributed by atoms with Crippen LogP contribution in [0.25, 0.3) is 10.8 Å². The van der Waals surface area contributed by atoms with Crippen molar-refractivity contribution >= 4 is 32.8 Å². The molecule has 1 heterocycles. The highest BCUT2D eigenvalue weighted by molar-refractivity contribution is 7.90. The summed E-state index contributed by atoms with van der Waals surface area (Å²) in [6.45, 7) is -0.0575. The Hall–Kier alpha value is -3.03. The molecule has 0 radical (unpaired) electrons. The molecule has 0 aliphatic carbocycles. The Bertz CT molecular complexity index is 1160. The summed E-state index contributed by atoms with van der Waals surface area (Å²) in [6.07, 6.45) is 1.66. The Labute approximate surface area is 157 Å². The molecule has 3 aromatic rings. The zero-order valence-corrected chi connectivity index (χ0v) is 15.2. The molecule has 0 spiro atoms. The van der Waals surface area contributed by atoms with Crippen LogP contribution in [0.5, 0.6) is 0 Å². The molecule has 3 aromatic carbocycles. The Balaban J connectivity index is 1.75. The Morgan fingerprint density at radius 3 is 2.59 bits per heavy atom. The smallest absolute Gasteiger partial charge is 0.285 e. The van der Waals surface area contributed by atoms with Gasteiger partial charge in [-0.3, -0.25) is 0 Å². The number of rotatable bonds is 4. The van der Waals surface area contributed by atoms with Gasteiger partial charge in [0.1, 0.15) is 4.90 Å². The molecule has 136 valence electrons. The average molecular weight is 379 g/mol.